The molecule has 0 radical (unpaired) electrons. The van der Waals surface area contributed by atoms with E-state index in [1.54, 1.807) is 26.0 Å². The molecule has 1 aliphatic carbocycles. The van der Waals surface area contributed by atoms with Crippen LogP contribution in [0.1, 0.15) is 53.6 Å². The Morgan fingerprint density at radius 2 is 1.76 bits per heavy atom. The summed E-state index contributed by atoms with van der Waals surface area (Å²) < 4.78 is 6.18. The molecule has 0 atom stereocenters. The van der Waals surface area contributed by atoms with Gasteiger partial charge in [-0.05, 0) is 67.5 Å². The van der Waals surface area contributed by atoms with E-state index in [1.807, 2.05) is 36.4 Å². The smallest absolute Gasteiger partial charge is 0.253 e. The van der Waals surface area contributed by atoms with Gasteiger partial charge in [0.15, 0.2) is 5.96 Å². The number of benzene rings is 2. The van der Waals surface area contributed by atoms with Crippen LogP contribution in [-0.2, 0) is 13.0 Å². The van der Waals surface area contributed by atoms with Gasteiger partial charge in [-0.1, -0.05) is 30.7 Å². The van der Waals surface area contributed by atoms with Gasteiger partial charge in [0.25, 0.3) is 5.91 Å². The highest BCUT2D eigenvalue weighted by Crippen LogP contribution is 2.23. The zero-order valence-electron chi connectivity index (χ0n) is 20.0. The number of amides is 1. The Bertz CT molecular complexity index is 911. The molecule has 0 bridgehead atoms. The summed E-state index contributed by atoms with van der Waals surface area (Å²) in [5.41, 5.74) is 3.00. The highest BCUT2D eigenvalue weighted by atomic mass is 127. The van der Waals surface area contributed by atoms with E-state index in [2.05, 4.69) is 27.8 Å². The Labute approximate surface area is 215 Å². The number of ether oxygens (including phenoxy) is 1. The molecule has 2 N–H and O–H groups in total. The number of carbonyl (C=O) groups excluding carboxylic acids is 1. The highest BCUT2D eigenvalue weighted by molar-refractivity contribution is 14.0. The molecule has 2 aromatic carbocycles. The zero-order chi connectivity index (χ0) is 22.8. The van der Waals surface area contributed by atoms with E-state index in [4.69, 9.17) is 4.74 Å². The molecule has 0 saturated heterocycles. The lowest BCUT2D eigenvalue weighted by Gasteiger charge is -2.23. The number of nitrogens with zero attached hydrogens (tertiary/aromatic N) is 2. The van der Waals surface area contributed by atoms with Crippen molar-refractivity contribution in [2.45, 2.75) is 51.2 Å². The summed E-state index contributed by atoms with van der Waals surface area (Å²) >= 11 is 0. The summed E-state index contributed by atoms with van der Waals surface area (Å²) in [4.78, 5) is 18.1. The third-order valence-corrected chi connectivity index (χ3v) is 5.72. The van der Waals surface area contributed by atoms with E-state index in [1.165, 1.54) is 19.3 Å². The van der Waals surface area contributed by atoms with Gasteiger partial charge in [0.2, 0.25) is 0 Å². The van der Waals surface area contributed by atoms with Crippen molar-refractivity contribution in [2.24, 2.45) is 4.99 Å². The summed E-state index contributed by atoms with van der Waals surface area (Å²) in [6.45, 7) is 1.40. The SMILES string of the molecule is CN=C(NCCc1cccc(C(=O)N(C)C)c1)NCc1cccc(OC2CCCCC2)c1.I. The minimum Gasteiger partial charge on any atom is -0.490 e. The maximum atomic E-state index is 12.2. The molecule has 3 rings (SSSR count). The quantitative estimate of drug-likeness (QED) is 0.279. The topological polar surface area (TPSA) is 66.0 Å². The minimum atomic E-state index is 0. The number of rotatable bonds is 8. The molecule has 1 fully saturated rings. The van der Waals surface area contributed by atoms with Crippen LogP contribution in [-0.4, -0.2) is 50.6 Å². The van der Waals surface area contributed by atoms with Crippen molar-refractivity contribution in [1.82, 2.24) is 15.5 Å². The summed E-state index contributed by atoms with van der Waals surface area (Å²) in [5.74, 6) is 1.72. The normalized spacial score (nSPS) is 14.2. The first-order chi connectivity index (χ1) is 15.5. The average Bonchev–Trinajstić information content (AvgIpc) is 2.82. The fourth-order valence-electron chi connectivity index (χ4n) is 3.95. The first-order valence-corrected chi connectivity index (χ1v) is 11.6. The van der Waals surface area contributed by atoms with Crippen molar-refractivity contribution in [3.05, 3.63) is 65.2 Å². The van der Waals surface area contributed by atoms with Gasteiger partial charge in [-0.25, -0.2) is 0 Å². The molecule has 1 saturated carbocycles. The number of halogens is 1. The highest BCUT2D eigenvalue weighted by Gasteiger charge is 2.15. The van der Waals surface area contributed by atoms with Crippen LogP contribution in [0.25, 0.3) is 0 Å². The van der Waals surface area contributed by atoms with Crippen LogP contribution < -0.4 is 15.4 Å². The largest absolute Gasteiger partial charge is 0.490 e. The van der Waals surface area contributed by atoms with Crippen molar-refractivity contribution < 1.29 is 9.53 Å². The molecule has 1 aliphatic rings. The number of hydrogen-bond acceptors (Lipinski definition) is 3. The van der Waals surface area contributed by atoms with Crippen molar-refractivity contribution >= 4 is 35.8 Å². The molecule has 0 spiro atoms. The molecule has 33 heavy (non-hydrogen) atoms. The molecule has 0 aromatic heterocycles. The van der Waals surface area contributed by atoms with E-state index in [0.717, 1.165) is 48.6 Å². The maximum Gasteiger partial charge on any atom is 0.253 e. The second-order valence-electron chi connectivity index (χ2n) is 8.53. The van der Waals surface area contributed by atoms with Gasteiger partial charge >= 0.3 is 0 Å². The molecule has 7 heteroatoms. The molecule has 6 nitrogen and oxygen atoms in total. The lowest BCUT2D eigenvalue weighted by Crippen LogP contribution is -2.37. The van der Waals surface area contributed by atoms with Gasteiger partial charge in [-0.3, -0.25) is 9.79 Å². The summed E-state index contributed by atoms with van der Waals surface area (Å²) in [6.07, 6.45) is 7.34. The number of carbonyl (C=O) groups is 1. The number of aliphatic imine (C=N–C) groups is 1. The molecule has 0 unspecified atom stereocenters. The Balaban J connectivity index is 0.00000385. The Morgan fingerprint density at radius 1 is 1.03 bits per heavy atom. The molecule has 180 valence electrons. The van der Waals surface area contributed by atoms with E-state index in [0.29, 0.717) is 18.2 Å². The lowest BCUT2D eigenvalue weighted by atomic mass is 9.98. The predicted octanol–water partition coefficient (Wildman–Crippen LogP) is 4.63. The maximum absolute atomic E-state index is 12.2. The molecular weight excluding hydrogens is 527 g/mol. The van der Waals surface area contributed by atoms with Gasteiger partial charge in [0, 0.05) is 39.8 Å². The molecule has 2 aromatic rings. The molecule has 0 aliphatic heterocycles. The van der Waals surface area contributed by atoms with Gasteiger partial charge < -0.3 is 20.3 Å². The van der Waals surface area contributed by atoms with Gasteiger partial charge in [0.1, 0.15) is 5.75 Å². The van der Waals surface area contributed by atoms with Crippen LogP contribution in [0.5, 0.6) is 5.75 Å². The fraction of sp³-hybridized carbons (Fsp3) is 0.462. The Morgan fingerprint density at radius 3 is 2.48 bits per heavy atom. The van der Waals surface area contributed by atoms with Crippen LogP contribution in [0, 0.1) is 0 Å². The molecule has 1 amide bonds. The number of hydrogen-bond donors (Lipinski definition) is 2. The fourth-order valence-corrected chi connectivity index (χ4v) is 3.95. The van der Waals surface area contributed by atoms with E-state index >= 15 is 0 Å². The van der Waals surface area contributed by atoms with E-state index in [-0.39, 0.29) is 29.9 Å². The lowest BCUT2D eigenvalue weighted by molar-refractivity contribution is 0.0827. The first kappa shape index (κ1) is 27.0. The molecular formula is C26H37IN4O2. The zero-order valence-corrected chi connectivity index (χ0v) is 22.3. The number of guanidine groups is 1. The van der Waals surface area contributed by atoms with Crippen LogP contribution in [0.3, 0.4) is 0 Å². The van der Waals surface area contributed by atoms with Gasteiger partial charge in [-0.2, -0.15) is 0 Å². The second kappa shape index (κ2) is 14.1. The van der Waals surface area contributed by atoms with Crippen LogP contribution in [0.4, 0.5) is 0 Å². The Kier molecular flexibility index (Phi) is 11.5. The second-order valence-corrected chi connectivity index (χ2v) is 8.53. The van der Waals surface area contributed by atoms with Crippen molar-refractivity contribution in [3.63, 3.8) is 0 Å². The monoisotopic (exact) mass is 564 g/mol. The van der Waals surface area contributed by atoms with Crippen LogP contribution in [0.2, 0.25) is 0 Å². The standard InChI is InChI=1S/C26H36N4O2.HI/c1-27-26(28-16-15-20-9-7-11-22(17-20)25(31)30(2)3)29-19-21-10-8-14-24(18-21)32-23-12-5-4-6-13-23;/h7-11,14,17-18,23H,4-6,12-13,15-16,19H2,1-3H3,(H2,27,28,29);1H. The van der Waals surface area contributed by atoms with E-state index < -0.39 is 0 Å². The first-order valence-electron chi connectivity index (χ1n) is 11.6. The average molecular weight is 565 g/mol. The summed E-state index contributed by atoms with van der Waals surface area (Å²) in [5, 5.41) is 6.72. The third-order valence-electron chi connectivity index (χ3n) is 5.72. The van der Waals surface area contributed by atoms with Gasteiger partial charge in [0.05, 0.1) is 6.10 Å². The van der Waals surface area contributed by atoms with Gasteiger partial charge in [-0.15, -0.1) is 24.0 Å². The van der Waals surface area contributed by atoms with Crippen LogP contribution in [0.15, 0.2) is 53.5 Å². The minimum absolute atomic E-state index is 0. The van der Waals surface area contributed by atoms with E-state index in [9.17, 15) is 4.79 Å². The van der Waals surface area contributed by atoms with Crippen LogP contribution >= 0.6 is 24.0 Å². The summed E-state index contributed by atoms with van der Waals surface area (Å²) in [6, 6.07) is 16.1. The Hall–Kier alpha value is -2.29. The van der Waals surface area contributed by atoms with Crippen molar-refractivity contribution in [2.75, 3.05) is 27.7 Å². The van der Waals surface area contributed by atoms with Crippen molar-refractivity contribution in [1.29, 1.82) is 0 Å². The third kappa shape index (κ3) is 8.87. The van der Waals surface area contributed by atoms with Crippen molar-refractivity contribution in [3.8, 4) is 5.75 Å². The number of nitrogens with one attached hydrogen (secondary N) is 2. The summed E-state index contributed by atoms with van der Waals surface area (Å²) in [7, 11) is 5.31. The molecule has 0 heterocycles. The predicted molar refractivity (Wildman–Crippen MR) is 146 cm³/mol.